The summed E-state index contributed by atoms with van der Waals surface area (Å²) in [6.07, 6.45) is 1.48. The lowest BCUT2D eigenvalue weighted by atomic mass is 10.2. The fourth-order valence-electron chi connectivity index (χ4n) is 2.06. The van der Waals surface area contributed by atoms with Gasteiger partial charge in [-0.15, -0.1) is 11.3 Å². The Bertz CT molecular complexity index is 620. The van der Waals surface area contributed by atoms with Gasteiger partial charge in [-0.2, -0.15) is 0 Å². The van der Waals surface area contributed by atoms with Crippen LogP contribution >= 0.6 is 11.3 Å². The number of likely N-dealkylation sites (N-methyl/N-ethyl adjacent to an activating group) is 1. The van der Waals surface area contributed by atoms with Gasteiger partial charge in [-0.25, -0.2) is 9.97 Å². The van der Waals surface area contributed by atoms with E-state index in [1.54, 1.807) is 16.2 Å². The zero-order chi connectivity index (χ0) is 14.7. The quantitative estimate of drug-likeness (QED) is 0.850. The van der Waals surface area contributed by atoms with E-state index < -0.39 is 0 Å². The van der Waals surface area contributed by atoms with E-state index in [0.717, 1.165) is 15.8 Å². The van der Waals surface area contributed by atoms with Crippen molar-refractivity contribution in [3.05, 3.63) is 16.8 Å². The van der Waals surface area contributed by atoms with Crippen molar-refractivity contribution in [2.45, 2.75) is 27.7 Å². The first kappa shape index (κ1) is 14.7. The number of hydrogen-bond acceptors (Lipinski definition) is 5. The number of nitrogens with zero attached hydrogens (tertiary/aromatic N) is 3. The molecule has 0 fully saturated rings. The van der Waals surface area contributed by atoms with Gasteiger partial charge in [-0.05, 0) is 33.3 Å². The molecule has 1 amide bonds. The molecule has 0 saturated heterocycles. The monoisotopic (exact) mass is 293 g/mol. The number of thiophene rings is 1. The SMILES string of the molecule is CCN(CC)C(=O)COc1ncnc2sc(C)c(C)c12. The highest BCUT2D eigenvalue weighted by molar-refractivity contribution is 7.18. The molecule has 2 aromatic heterocycles. The third kappa shape index (κ3) is 2.75. The molecule has 0 aromatic carbocycles. The molecule has 0 saturated carbocycles. The predicted molar refractivity (Wildman–Crippen MR) is 80.3 cm³/mol. The van der Waals surface area contributed by atoms with Gasteiger partial charge in [0.2, 0.25) is 5.88 Å². The Kier molecular flexibility index (Phi) is 4.54. The second-order valence-electron chi connectivity index (χ2n) is 4.50. The minimum Gasteiger partial charge on any atom is -0.467 e. The molecular weight excluding hydrogens is 274 g/mol. The van der Waals surface area contributed by atoms with Gasteiger partial charge in [0.1, 0.15) is 11.2 Å². The van der Waals surface area contributed by atoms with E-state index in [0.29, 0.717) is 19.0 Å². The molecule has 2 aromatic rings. The number of carbonyl (C=O) groups is 1. The molecule has 0 spiro atoms. The van der Waals surface area contributed by atoms with Crippen LogP contribution in [0.25, 0.3) is 10.2 Å². The third-order valence-electron chi connectivity index (χ3n) is 3.38. The van der Waals surface area contributed by atoms with E-state index >= 15 is 0 Å². The van der Waals surface area contributed by atoms with Crippen molar-refractivity contribution in [3.63, 3.8) is 0 Å². The lowest BCUT2D eigenvalue weighted by molar-refractivity contribution is -0.133. The Morgan fingerprint density at radius 2 is 2.00 bits per heavy atom. The molecule has 2 heterocycles. The van der Waals surface area contributed by atoms with Crippen LogP contribution < -0.4 is 4.74 Å². The first-order valence-corrected chi connectivity index (χ1v) is 7.51. The molecule has 0 bridgehead atoms. The van der Waals surface area contributed by atoms with E-state index in [-0.39, 0.29) is 12.5 Å². The highest BCUT2D eigenvalue weighted by atomic mass is 32.1. The molecule has 5 nitrogen and oxygen atoms in total. The van der Waals surface area contributed by atoms with Crippen molar-refractivity contribution in [1.29, 1.82) is 0 Å². The lowest BCUT2D eigenvalue weighted by Crippen LogP contribution is -2.34. The van der Waals surface area contributed by atoms with Crippen LogP contribution in [0.2, 0.25) is 0 Å². The minimum atomic E-state index is -0.0219. The standard InChI is InChI=1S/C14H19N3O2S/c1-5-17(6-2)11(18)7-19-13-12-9(3)10(4)20-14(12)16-8-15-13/h8H,5-7H2,1-4H3. The molecule has 0 aliphatic carbocycles. The van der Waals surface area contributed by atoms with Gasteiger partial charge < -0.3 is 9.64 Å². The van der Waals surface area contributed by atoms with Crippen molar-refractivity contribution in [2.75, 3.05) is 19.7 Å². The highest BCUT2D eigenvalue weighted by Gasteiger charge is 2.15. The van der Waals surface area contributed by atoms with E-state index in [1.807, 2.05) is 27.7 Å². The van der Waals surface area contributed by atoms with Crippen LogP contribution in [0, 0.1) is 13.8 Å². The van der Waals surface area contributed by atoms with Crippen LogP contribution in [0.4, 0.5) is 0 Å². The first-order chi connectivity index (χ1) is 9.58. The average molecular weight is 293 g/mol. The summed E-state index contributed by atoms with van der Waals surface area (Å²) in [7, 11) is 0. The molecule has 6 heteroatoms. The predicted octanol–water partition coefficient (Wildman–Crippen LogP) is 2.56. The number of hydrogen-bond donors (Lipinski definition) is 0. The number of carbonyl (C=O) groups excluding carboxylic acids is 1. The summed E-state index contributed by atoms with van der Waals surface area (Å²) >= 11 is 1.62. The Labute approximate surface area is 122 Å². The summed E-state index contributed by atoms with van der Waals surface area (Å²) in [4.78, 5) is 24.2. The third-order valence-corrected chi connectivity index (χ3v) is 4.49. The number of ether oxygens (including phenoxy) is 1. The normalized spacial score (nSPS) is 10.8. The summed E-state index contributed by atoms with van der Waals surface area (Å²) in [5.74, 6) is 0.476. The smallest absolute Gasteiger partial charge is 0.260 e. The van der Waals surface area contributed by atoms with Crippen LogP contribution in [-0.4, -0.2) is 40.5 Å². The van der Waals surface area contributed by atoms with Gasteiger partial charge in [0.05, 0.1) is 5.39 Å². The average Bonchev–Trinajstić information content (AvgIpc) is 2.74. The van der Waals surface area contributed by atoms with E-state index in [4.69, 9.17) is 4.74 Å². The van der Waals surface area contributed by atoms with E-state index in [1.165, 1.54) is 11.2 Å². The second kappa shape index (κ2) is 6.17. The fraction of sp³-hybridized carbons (Fsp3) is 0.500. The summed E-state index contributed by atoms with van der Waals surface area (Å²) in [5, 5.41) is 0.919. The molecule has 0 N–H and O–H groups in total. The zero-order valence-corrected chi connectivity index (χ0v) is 13.1. The van der Waals surface area contributed by atoms with Crippen molar-refractivity contribution in [3.8, 4) is 5.88 Å². The number of fused-ring (bicyclic) bond motifs is 1. The van der Waals surface area contributed by atoms with E-state index in [2.05, 4.69) is 9.97 Å². The topological polar surface area (TPSA) is 55.3 Å². The zero-order valence-electron chi connectivity index (χ0n) is 12.3. The molecule has 0 unspecified atom stereocenters. The largest absolute Gasteiger partial charge is 0.467 e. The lowest BCUT2D eigenvalue weighted by Gasteiger charge is -2.18. The molecular formula is C14H19N3O2S. The molecule has 0 radical (unpaired) electrons. The number of aryl methyl sites for hydroxylation is 2. The van der Waals surface area contributed by atoms with Crippen LogP contribution in [0.15, 0.2) is 6.33 Å². The summed E-state index contributed by atoms with van der Waals surface area (Å²) in [6, 6.07) is 0. The Morgan fingerprint density at radius 1 is 1.30 bits per heavy atom. The van der Waals surface area contributed by atoms with Crippen molar-refractivity contribution in [1.82, 2.24) is 14.9 Å². The maximum Gasteiger partial charge on any atom is 0.260 e. The van der Waals surface area contributed by atoms with Gasteiger partial charge in [0.15, 0.2) is 6.61 Å². The summed E-state index contributed by atoms with van der Waals surface area (Å²) in [6.45, 7) is 9.38. The number of aromatic nitrogens is 2. The van der Waals surface area contributed by atoms with Crippen LogP contribution in [0.1, 0.15) is 24.3 Å². The van der Waals surface area contributed by atoms with Crippen molar-refractivity contribution >= 4 is 27.5 Å². The summed E-state index contributed by atoms with van der Waals surface area (Å²) in [5.41, 5.74) is 1.12. The Morgan fingerprint density at radius 3 is 2.65 bits per heavy atom. The van der Waals surface area contributed by atoms with E-state index in [9.17, 15) is 4.79 Å². The number of amides is 1. The van der Waals surface area contributed by atoms with Gasteiger partial charge >= 0.3 is 0 Å². The van der Waals surface area contributed by atoms with Crippen LogP contribution in [0.3, 0.4) is 0 Å². The molecule has 0 atom stereocenters. The molecule has 2 rings (SSSR count). The molecule has 0 aliphatic heterocycles. The Balaban J connectivity index is 2.20. The second-order valence-corrected chi connectivity index (χ2v) is 5.70. The van der Waals surface area contributed by atoms with Crippen LogP contribution in [0.5, 0.6) is 5.88 Å². The maximum atomic E-state index is 12.0. The van der Waals surface area contributed by atoms with Crippen molar-refractivity contribution < 1.29 is 9.53 Å². The van der Waals surface area contributed by atoms with Crippen molar-refractivity contribution in [2.24, 2.45) is 0 Å². The molecule has 20 heavy (non-hydrogen) atoms. The van der Waals surface area contributed by atoms with Gasteiger partial charge in [0.25, 0.3) is 5.91 Å². The first-order valence-electron chi connectivity index (χ1n) is 6.69. The van der Waals surface area contributed by atoms with Crippen LogP contribution in [-0.2, 0) is 4.79 Å². The van der Waals surface area contributed by atoms with Gasteiger partial charge in [-0.1, -0.05) is 0 Å². The van der Waals surface area contributed by atoms with Gasteiger partial charge in [0, 0.05) is 18.0 Å². The fourth-order valence-corrected chi connectivity index (χ4v) is 3.04. The summed E-state index contributed by atoms with van der Waals surface area (Å²) < 4.78 is 5.62. The van der Waals surface area contributed by atoms with Gasteiger partial charge in [-0.3, -0.25) is 4.79 Å². The molecule has 0 aliphatic rings. The number of rotatable bonds is 5. The minimum absolute atomic E-state index is 0.0160. The molecule has 108 valence electrons. The maximum absolute atomic E-state index is 12.0. The Hall–Kier alpha value is -1.69. The highest BCUT2D eigenvalue weighted by Crippen LogP contribution is 2.33.